The van der Waals surface area contributed by atoms with Crippen molar-refractivity contribution < 1.29 is 14.1 Å². The molecule has 1 saturated carbocycles. The van der Waals surface area contributed by atoms with Crippen LogP contribution < -0.4 is 10.1 Å². The number of amides is 1. The predicted molar refractivity (Wildman–Crippen MR) is 107 cm³/mol. The summed E-state index contributed by atoms with van der Waals surface area (Å²) in [6.45, 7) is 0. The zero-order valence-corrected chi connectivity index (χ0v) is 16.2. The number of anilines is 1. The summed E-state index contributed by atoms with van der Waals surface area (Å²) in [6.07, 6.45) is 4.64. The molecule has 0 aliphatic heterocycles. The summed E-state index contributed by atoms with van der Waals surface area (Å²) in [6, 6.07) is 12.2. The van der Waals surface area contributed by atoms with Crippen LogP contribution >= 0.6 is 11.6 Å². The fourth-order valence-corrected chi connectivity index (χ4v) is 3.67. The van der Waals surface area contributed by atoms with E-state index in [4.69, 9.17) is 20.9 Å². The van der Waals surface area contributed by atoms with Gasteiger partial charge < -0.3 is 14.6 Å². The summed E-state index contributed by atoms with van der Waals surface area (Å²) < 4.78 is 10.5. The summed E-state index contributed by atoms with van der Waals surface area (Å²) in [7, 11) is 1.54. The van der Waals surface area contributed by atoms with E-state index in [9.17, 15) is 4.79 Å². The van der Waals surface area contributed by atoms with Gasteiger partial charge in [0, 0.05) is 22.7 Å². The molecule has 0 saturated heterocycles. The highest BCUT2D eigenvalue weighted by Gasteiger charge is 2.23. The smallest absolute Gasteiger partial charge is 0.255 e. The monoisotopic (exact) mass is 397 g/mol. The van der Waals surface area contributed by atoms with Gasteiger partial charge in [-0.15, -0.1) is 0 Å². The summed E-state index contributed by atoms with van der Waals surface area (Å²) in [5.41, 5.74) is 1.94. The molecule has 6 nitrogen and oxygen atoms in total. The second-order valence-corrected chi connectivity index (χ2v) is 7.23. The van der Waals surface area contributed by atoms with Crippen LogP contribution in [0, 0.1) is 0 Å². The second-order valence-electron chi connectivity index (χ2n) is 6.82. The molecule has 2 aromatic carbocycles. The Morgan fingerprint density at radius 3 is 2.61 bits per heavy atom. The van der Waals surface area contributed by atoms with Crippen molar-refractivity contribution in [1.82, 2.24) is 10.1 Å². The molecule has 1 heterocycles. The Morgan fingerprint density at radius 2 is 1.93 bits per heavy atom. The Hall–Kier alpha value is -2.86. The number of carbonyl (C=O) groups is 1. The maximum atomic E-state index is 12.5. The van der Waals surface area contributed by atoms with Crippen molar-refractivity contribution in [3.63, 3.8) is 0 Å². The molecule has 0 bridgehead atoms. The van der Waals surface area contributed by atoms with Crippen molar-refractivity contribution in [1.29, 1.82) is 0 Å². The number of methoxy groups -OCH3 is 1. The number of nitrogens with zero attached hydrogens (tertiary/aromatic N) is 2. The molecule has 1 amide bonds. The number of rotatable bonds is 5. The highest BCUT2D eigenvalue weighted by atomic mass is 35.5. The number of halogens is 1. The number of hydrogen-bond acceptors (Lipinski definition) is 5. The van der Waals surface area contributed by atoms with E-state index in [1.165, 1.54) is 12.8 Å². The molecule has 28 heavy (non-hydrogen) atoms. The fourth-order valence-electron chi connectivity index (χ4n) is 3.41. The van der Waals surface area contributed by atoms with Gasteiger partial charge in [0.1, 0.15) is 5.75 Å². The Balaban J connectivity index is 1.45. The molecule has 144 valence electrons. The molecule has 7 heteroatoms. The van der Waals surface area contributed by atoms with Crippen LogP contribution in [0.3, 0.4) is 0 Å². The third-order valence-corrected chi connectivity index (χ3v) is 5.26. The van der Waals surface area contributed by atoms with Crippen LogP contribution in [0.5, 0.6) is 5.75 Å². The first-order valence-corrected chi connectivity index (χ1v) is 9.61. The van der Waals surface area contributed by atoms with Crippen molar-refractivity contribution in [2.75, 3.05) is 12.4 Å². The summed E-state index contributed by atoms with van der Waals surface area (Å²) >= 11 is 6.10. The minimum absolute atomic E-state index is 0.229. The van der Waals surface area contributed by atoms with E-state index in [2.05, 4.69) is 15.5 Å². The number of hydrogen-bond donors (Lipinski definition) is 1. The molecule has 4 rings (SSSR count). The van der Waals surface area contributed by atoms with Gasteiger partial charge in [-0.1, -0.05) is 41.7 Å². The van der Waals surface area contributed by atoms with Gasteiger partial charge in [0.2, 0.25) is 11.7 Å². The minimum Gasteiger partial charge on any atom is -0.495 e. The first kappa shape index (κ1) is 18.5. The Labute approximate surface area is 167 Å². The predicted octanol–water partition coefficient (Wildman–Crippen LogP) is 5.31. The zero-order chi connectivity index (χ0) is 19.5. The van der Waals surface area contributed by atoms with Gasteiger partial charge in [-0.2, -0.15) is 4.98 Å². The maximum absolute atomic E-state index is 12.5. The zero-order valence-electron chi connectivity index (χ0n) is 15.4. The third-order valence-electron chi connectivity index (χ3n) is 4.96. The summed E-state index contributed by atoms with van der Waals surface area (Å²) in [5, 5.41) is 7.34. The third kappa shape index (κ3) is 3.87. The molecule has 0 spiro atoms. The highest BCUT2D eigenvalue weighted by molar-refractivity contribution is 6.32. The van der Waals surface area contributed by atoms with Crippen LogP contribution in [0.15, 0.2) is 47.0 Å². The van der Waals surface area contributed by atoms with Crippen LogP contribution in [0.25, 0.3) is 11.4 Å². The van der Waals surface area contributed by atoms with E-state index in [1.807, 2.05) is 12.1 Å². The first-order chi connectivity index (χ1) is 13.6. The van der Waals surface area contributed by atoms with E-state index in [0.29, 0.717) is 39.7 Å². The number of ether oxygens (including phenoxy) is 1. The van der Waals surface area contributed by atoms with Crippen molar-refractivity contribution in [3.05, 3.63) is 58.9 Å². The van der Waals surface area contributed by atoms with Crippen molar-refractivity contribution >= 4 is 23.2 Å². The molecule has 0 unspecified atom stereocenters. The van der Waals surface area contributed by atoms with Crippen LogP contribution in [0.2, 0.25) is 5.02 Å². The van der Waals surface area contributed by atoms with Gasteiger partial charge in [-0.25, -0.2) is 0 Å². The van der Waals surface area contributed by atoms with Crippen LogP contribution in [-0.4, -0.2) is 23.2 Å². The summed E-state index contributed by atoms with van der Waals surface area (Å²) in [4.78, 5) is 17.0. The quantitative estimate of drug-likeness (QED) is 0.631. The standard InChI is InChI=1S/C21H20ClN3O3/c1-27-18-11-10-16(12-17(18)22)23-20(26)14-8-6-13(7-9-14)19-24-21(28-25-19)15-4-2-3-5-15/h6-12,15H,2-5H2,1H3,(H,23,26). The Morgan fingerprint density at radius 1 is 1.18 bits per heavy atom. The number of nitrogens with one attached hydrogen (secondary N) is 1. The lowest BCUT2D eigenvalue weighted by molar-refractivity contribution is 0.102. The van der Waals surface area contributed by atoms with E-state index in [0.717, 1.165) is 18.4 Å². The molecular formula is C21H20ClN3O3. The molecule has 1 N–H and O–H groups in total. The molecule has 3 aromatic rings. The molecule has 1 fully saturated rings. The molecule has 1 aliphatic carbocycles. The van der Waals surface area contributed by atoms with Crippen molar-refractivity contribution in [2.24, 2.45) is 0 Å². The van der Waals surface area contributed by atoms with Gasteiger partial charge in [0.15, 0.2) is 0 Å². The number of carbonyl (C=O) groups excluding carboxylic acids is 1. The summed E-state index contributed by atoms with van der Waals surface area (Å²) in [5.74, 6) is 1.97. The first-order valence-electron chi connectivity index (χ1n) is 9.23. The lowest BCUT2D eigenvalue weighted by Crippen LogP contribution is -2.11. The van der Waals surface area contributed by atoms with E-state index in [1.54, 1.807) is 37.4 Å². The van der Waals surface area contributed by atoms with Crippen molar-refractivity contribution in [3.8, 4) is 17.1 Å². The molecule has 0 radical (unpaired) electrons. The van der Waals surface area contributed by atoms with E-state index < -0.39 is 0 Å². The Kier molecular flexibility index (Phi) is 5.30. The number of benzene rings is 2. The van der Waals surface area contributed by atoms with Crippen LogP contribution in [0.4, 0.5) is 5.69 Å². The Bertz CT molecular complexity index is 979. The van der Waals surface area contributed by atoms with E-state index >= 15 is 0 Å². The van der Waals surface area contributed by atoms with Crippen LogP contribution in [-0.2, 0) is 0 Å². The normalized spacial score (nSPS) is 14.2. The molecule has 1 aromatic heterocycles. The average Bonchev–Trinajstić information content (AvgIpc) is 3.40. The maximum Gasteiger partial charge on any atom is 0.255 e. The van der Waals surface area contributed by atoms with Gasteiger partial charge in [-0.3, -0.25) is 4.79 Å². The lowest BCUT2D eigenvalue weighted by atomic mass is 10.1. The second kappa shape index (κ2) is 8.02. The average molecular weight is 398 g/mol. The van der Waals surface area contributed by atoms with Gasteiger partial charge in [0.05, 0.1) is 12.1 Å². The molecule has 1 aliphatic rings. The number of aromatic nitrogens is 2. The lowest BCUT2D eigenvalue weighted by Gasteiger charge is -2.08. The largest absolute Gasteiger partial charge is 0.495 e. The van der Waals surface area contributed by atoms with Gasteiger partial charge in [0.25, 0.3) is 5.91 Å². The topological polar surface area (TPSA) is 77.2 Å². The molecule has 0 atom stereocenters. The van der Waals surface area contributed by atoms with Gasteiger partial charge >= 0.3 is 0 Å². The minimum atomic E-state index is -0.229. The van der Waals surface area contributed by atoms with Gasteiger partial charge in [-0.05, 0) is 43.2 Å². The fraction of sp³-hybridized carbons (Fsp3) is 0.286. The van der Waals surface area contributed by atoms with Crippen LogP contribution in [0.1, 0.15) is 47.8 Å². The van der Waals surface area contributed by atoms with E-state index in [-0.39, 0.29) is 5.91 Å². The van der Waals surface area contributed by atoms with Crippen molar-refractivity contribution in [2.45, 2.75) is 31.6 Å². The highest BCUT2D eigenvalue weighted by Crippen LogP contribution is 2.34. The SMILES string of the molecule is COc1ccc(NC(=O)c2ccc(-c3noc(C4CCCC4)n3)cc2)cc1Cl. The molecular weight excluding hydrogens is 378 g/mol.